The first-order valence-electron chi connectivity index (χ1n) is 9.59. The monoisotopic (exact) mass is 418 g/mol. The molecule has 28 heavy (non-hydrogen) atoms. The first-order chi connectivity index (χ1) is 13.4. The molecule has 1 heterocycles. The molecular weight excluding hydrogens is 396 g/mol. The van der Waals surface area contributed by atoms with E-state index in [0.717, 1.165) is 31.2 Å². The fraction of sp³-hybridized carbons (Fsp3) is 0.381. The summed E-state index contributed by atoms with van der Waals surface area (Å²) < 4.78 is 25.8. The van der Waals surface area contributed by atoms with Gasteiger partial charge in [-0.2, -0.15) is 0 Å². The number of hydrogen-bond donors (Lipinski definition) is 1. The van der Waals surface area contributed by atoms with E-state index in [9.17, 15) is 13.2 Å². The first kappa shape index (κ1) is 19.3. The largest absolute Gasteiger partial charge is 0.343 e. The third-order valence-corrected chi connectivity index (χ3v) is 7.82. The van der Waals surface area contributed by atoms with E-state index in [2.05, 4.69) is 5.32 Å². The van der Waals surface area contributed by atoms with E-state index in [1.54, 1.807) is 24.3 Å². The van der Waals surface area contributed by atoms with Crippen LogP contribution in [0.15, 0.2) is 48.5 Å². The Labute approximate surface area is 170 Å². The number of nitrogens with one attached hydrogen (secondary N) is 1. The molecule has 1 aliphatic carbocycles. The van der Waals surface area contributed by atoms with Crippen LogP contribution in [0.1, 0.15) is 48.0 Å². The van der Waals surface area contributed by atoms with E-state index in [1.807, 2.05) is 24.3 Å². The van der Waals surface area contributed by atoms with Crippen molar-refractivity contribution in [3.63, 3.8) is 0 Å². The first-order valence-corrected chi connectivity index (χ1v) is 11.6. The molecule has 2 fully saturated rings. The Bertz CT molecular complexity index is 983. The molecule has 0 unspecified atom stereocenters. The smallest absolute Gasteiger partial charge is 0.252 e. The van der Waals surface area contributed by atoms with Gasteiger partial charge in [0.1, 0.15) is 0 Å². The summed E-state index contributed by atoms with van der Waals surface area (Å²) in [7, 11) is -3.27. The Balaban J connectivity index is 1.60. The van der Waals surface area contributed by atoms with Gasteiger partial charge in [0, 0.05) is 17.1 Å². The molecule has 0 aromatic heterocycles. The number of benzene rings is 2. The molecule has 1 saturated heterocycles. The van der Waals surface area contributed by atoms with Crippen molar-refractivity contribution >= 4 is 33.2 Å². The number of carbonyl (C=O) groups excluding carboxylic acids is 1. The summed E-state index contributed by atoms with van der Waals surface area (Å²) in [6.07, 6.45) is 4.46. The maximum atomic E-state index is 13.1. The molecule has 0 atom stereocenters. The number of carbonyl (C=O) groups is 1. The van der Waals surface area contributed by atoms with Crippen LogP contribution in [0.5, 0.6) is 0 Å². The van der Waals surface area contributed by atoms with Crippen LogP contribution in [0, 0.1) is 0 Å². The van der Waals surface area contributed by atoms with E-state index in [4.69, 9.17) is 11.6 Å². The lowest BCUT2D eigenvalue weighted by Crippen LogP contribution is -2.43. The molecule has 1 aliphatic heterocycles. The highest BCUT2D eigenvalue weighted by Crippen LogP contribution is 2.39. The zero-order valence-corrected chi connectivity index (χ0v) is 17.1. The van der Waals surface area contributed by atoms with Crippen molar-refractivity contribution in [1.82, 2.24) is 5.32 Å². The van der Waals surface area contributed by atoms with E-state index in [-0.39, 0.29) is 11.7 Å². The third kappa shape index (κ3) is 3.63. The lowest BCUT2D eigenvalue weighted by Gasteiger charge is -2.31. The number of anilines is 1. The van der Waals surface area contributed by atoms with Crippen molar-refractivity contribution in [2.24, 2.45) is 0 Å². The molecule has 7 heteroatoms. The summed E-state index contributed by atoms with van der Waals surface area (Å²) in [5.41, 5.74) is 1.68. The van der Waals surface area contributed by atoms with Crippen LogP contribution in [0.2, 0.25) is 5.02 Å². The summed E-state index contributed by atoms with van der Waals surface area (Å²) in [6, 6.07) is 14.5. The van der Waals surface area contributed by atoms with Crippen molar-refractivity contribution in [2.75, 3.05) is 16.6 Å². The van der Waals surface area contributed by atoms with Crippen LogP contribution in [-0.4, -0.2) is 26.6 Å². The summed E-state index contributed by atoms with van der Waals surface area (Å²) in [5.74, 6) is -0.0291. The lowest BCUT2D eigenvalue weighted by atomic mass is 9.87. The van der Waals surface area contributed by atoms with Gasteiger partial charge >= 0.3 is 0 Å². The molecule has 2 aliphatic rings. The maximum absolute atomic E-state index is 13.1. The van der Waals surface area contributed by atoms with Crippen LogP contribution in [-0.2, 0) is 15.6 Å². The molecule has 148 valence electrons. The van der Waals surface area contributed by atoms with E-state index < -0.39 is 15.6 Å². The predicted octanol–water partition coefficient (Wildman–Crippen LogP) is 4.08. The van der Waals surface area contributed by atoms with E-state index >= 15 is 0 Å². The number of nitrogens with zero attached hydrogens (tertiary/aromatic N) is 1. The topological polar surface area (TPSA) is 66.5 Å². The van der Waals surface area contributed by atoms with Gasteiger partial charge in [0.15, 0.2) is 0 Å². The Hall–Kier alpha value is -2.05. The fourth-order valence-electron chi connectivity index (χ4n) is 4.25. The van der Waals surface area contributed by atoms with E-state index in [1.165, 1.54) is 4.31 Å². The molecule has 2 aromatic carbocycles. The Morgan fingerprint density at radius 2 is 1.75 bits per heavy atom. The van der Waals surface area contributed by atoms with Crippen LogP contribution in [0.4, 0.5) is 5.69 Å². The maximum Gasteiger partial charge on any atom is 0.252 e. The number of amides is 1. The molecule has 4 rings (SSSR count). The molecule has 1 saturated carbocycles. The van der Waals surface area contributed by atoms with Gasteiger partial charge in [0.25, 0.3) is 5.91 Å². The second-order valence-corrected chi connectivity index (χ2v) is 9.99. The second-order valence-electron chi connectivity index (χ2n) is 7.54. The predicted molar refractivity (Wildman–Crippen MR) is 111 cm³/mol. The third-order valence-electron chi connectivity index (χ3n) is 5.70. The molecule has 5 nitrogen and oxygen atoms in total. The summed E-state index contributed by atoms with van der Waals surface area (Å²) in [6.45, 7) is 0.460. The minimum absolute atomic E-state index is 0.156. The minimum atomic E-state index is -3.27. The molecular formula is C21H23ClN2O3S. The van der Waals surface area contributed by atoms with Crippen LogP contribution < -0.4 is 9.62 Å². The van der Waals surface area contributed by atoms with Gasteiger partial charge in [-0.3, -0.25) is 9.10 Å². The van der Waals surface area contributed by atoms with Gasteiger partial charge < -0.3 is 5.32 Å². The van der Waals surface area contributed by atoms with Crippen molar-refractivity contribution in [2.45, 2.75) is 37.6 Å². The summed E-state index contributed by atoms with van der Waals surface area (Å²) in [5, 5.41) is 3.90. The number of sulfonamides is 1. The van der Waals surface area contributed by atoms with Crippen molar-refractivity contribution in [1.29, 1.82) is 0 Å². The molecule has 0 bridgehead atoms. The molecule has 2 aromatic rings. The van der Waals surface area contributed by atoms with Crippen LogP contribution in [0.3, 0.4) is 0 Å². The lowest BCUT2D eigenvalue weighted by molar-refractivity contribution is 0.0898. The zero-order valence-electron chi connectivity index (χ0n) is 15.5. The van der Waals surface area contributed by atoms with E-state index in [0.29, 0.717) is 29.2 Å². The standard InChI is InChI=1S/C21H23ClN2O3S/c22-18-9-7-17(8-10-18)21(11-1-2-12-21)23-20(25)16-5-3-6-19(15-16)24-13-4-14-28(24,26)27/h3,5-10,15H,1-2,4,11-14H2,(H,23,25). The van der Waals surface area contributed by atoms with Gasteiger partial charge in [-0.1, -0.05) is 42.6 Å². The highest BCUT2D eigenvalue weighted by molar-refractivity contribution is 7.93. The zero-order chi connectivity index (χ0) is 19.8. The van der Waals surface area contributed by atoms with Gasteiger partial charge in [0.05, 0.1) is 17.0 Å². The van der Waals surface area contributed by atoms with Crippen LogP contribution >= 0.6 is 11.6 Å². The second kappa shape index (κ2) is 7.41. The van der Waals surface area contributed by atoms with Gasteiger partial charge in [-0.05, 0) is 55.2 Å². The number of hydrogen-bond acceptors (Lipinski definition) is 3. The summed E-state index contributed by atoms with van der Waals surface area (Å²) in [4.78, 5) is 13.1. The molecule has 0 spiro atoms. The average Bonchev–Trinajstić information content (AvgIpc) is 3.29. The Morgan fingerprint density at radius 3 is 2.39 bits per heavy atom. The number of rotatable bonds is 4. The molecule has 0 radical (unpaired) electrons. The quantitative estimate of drug-likeness (QED) is 0.813. The SMILES string of the molecule is O=C(NC1(c2ccc(Cl)cc2)CCCC1)c1cccc(N2CCCS2(=O)=O)c1. The van der Waals surface area contributed by atoms with Crippen molar-refractivity contribution in [3.05, 3.63) is 64.7 Å². The molecule has 1 amide bonds. The van der Waals surface area contributed by atoms with Gasteiger partial charge in [-0.15, -0.1) is 0 Å². The highest BCUT2D eigenvalue weighted by atomic mass is 35.5. The Kier molecular flexibility index (Phi) is 5.10. The highest BCUT2D eigenvalue weighted by Gasteiger charge is 2.37. The van der Waals surface area contributed by atoms with Gasteiger partial charge in [0.2, 0.25) is 10.0 Å². The van der Waals surface area contributed by atoms with Crippen molar-refractivity contribution in [3.8, 4) is 0 Å². The fourth-order valence-corrected chi connectivity index (χ4v) is 5.94. The Morgan fingerprint density at radius 1 is 1.04 bits per heavy atom. The molecule has 1 N–H and O–H groups in total. The van der Waals surface area contributed by atoms with Crippen molar-refractivity contribution < 1.29 is 13.2 Å². The average molecular weight is 419 g/mol. The number of halogens is 1. The van der Waals surface area contributed by atoms with Gasteiger partial charge in [-0.25, -0.2) is 8.42 Å². The normalized spacial score (nSPS) is 20.2. The minimum Gasteiger partial charge on any atom is -0.343 e. The van der Waals surface area contributed by atoms with Crippen LogP contribution in [0.25, 0.3) is 0 Å². The summed E-state index contributed by atoms with van der Waals surface area (Å²) >= 11 is 6.03.